The van der Waals surface area contributed by atoms with E-state index >= 15 is 0 Å². The fourth-order valence-corrected chi connectivity index (χ4v) is 0.691. The molecule has 3 N–H and O–H groups in total. The van der Waals surface area contributed by atoms with Gasteiger partial charge >= 0.3 is 5.69 Å². The molecule has 1 aromatic rings. The highest BCUT2D eigenvalue weighted by Crippen LogP contribution is 2.07. The lowest BCUT2D eigenvalue weighted by atomic mass is 10.5. The van der Waals surface area contributed by atoms with E-state index in [0.29, 0.717) is 19.0 Å². The van der Waals surface area contributed by atoms with Crippen molar-refractivity contribution < 1.29 is 4.92 Å². The van der Waals surface area contributed by atoms with Gasteiger partial charge in [0.1, 0.15) is 12.4 Å². The first-order chi connectivity index (χ1) is 6.24. The van der Waals surface area contributed by atoms with Crippen LogP contribution in [0.2, 0.25) is 0 Å². The molecule has 0 bridgehead atoms. The van der Waals surface area contributed by atoms with Crippen LogP contribution in [0.15, 0.2) is 12.4 Å². The number of rotatable bonds is 4. The van der Waals surface area contributed by atoms with Crippen molar-refractivity contribution in [1.82, 2.24) is 9.97 Å². The van der Waals surface area contributed by atoms with Crippen molar-refractivity contribution in [2.45, 2.75) is 0 Å². The zero-order valence-corrected chi connectivity index (χ0v) is 6.80. The summed E-state index contributed by atoms with van der Waals surface area (Å²) in [5.41, 5.74) is 5.10. The second-order valence-electron chi connectivity index (χ2n) is 2.24. The zero-order chi connectivity index (χ0) is 9.68. The van der Waals surface area contributed by atoms with Gasteiger partial charge in [0.25, 0.3) is 0 Å². The number of aromatic nitrogens is 2. The van der Waals surface area contributed by atoms with Crippen LogP contribution in [0.1, 0.15) is 0 Å². The minimum absolute atomic E-state index is 0.127. The van der Waals surface area contributed by atoms with E-state index in [4.69, 9.17) is 5.73 Å². The summed E-state index contributed by atoms with van der Waals surface area (Å²) in [6.07, 6.45) is 2.29. The SMILES string of the molecule is NCCNc1ncc([N+](=O)[O-])cn1. The topological polar surface area (TPSA) is 107 Å². The molecule has 7 heteroatoms. The van der Waals surface area contributed by atoms with E-state index in [1.807, 2.05) is 0 Å². The number of nitrogens with two attached hydrogens (primary N) is 1. The highest BCUT2D eigenvalue weighted by atomic mass is 16.6. The first-order valence-corrected chi connectivity index (χ1v) is 3.64. The monoisotopic (exact) mass is 183 g/mol. The summed E-state index contributed by atoms with van der Waals surface area (Å²) in [5.74, 6) is 0.344. The van der Waals surface area contributed by atoms with Gasteiger partial charge < -0.3 is 11.1 Å². The van der Waals surface area contributed by atoms with Crippen LogP contribution < -0.4 is 11.1 Å². The molecule has 0 aromatic carbocycles. The Morgan fingerprint density at radius 1 is 1.54 bits per heavy atom. The van der Waals surface area contributed by atoms with Crippen molar-refractivity contribution in [3.63, 3.8) is 0 Å². The van der Waals surface area contributed by atoms with Crippen molar-refractivity contribution >= 4 is 11.6 Å². The van der Waals surface area contributed by atoms with Crippen LogP contribution in [0.5, 0.6) is 0 Å². The molecule has 0 spiro atoms. The lowest BCUT2D eigenvalue weighted by Crippen LogP contribution is -2.14. The van der Waals surface area contributed by atoms with E-state index < -0.39 is 4.92 Å². The maximum Gasteiger partial charge on any atom is 0.305 e. The van der Waals surface area contributed by atoms with Crippen molar-refractivity contribution in [2.75, 3.05) is 18.4 Å². The third kappa shape index (κ3) is 2.64. The normalized spacial score (nSPS) is 9.62. The Bertz CT molecular complexity index is 286. The molecule has 0 unspecified atom stereocenters. The third-order valence-electron chi connectivity index (χ3n) is 1.28. The van der Waals surface area contributed by atoms with Crippen molar-refractivity contribution in [2.24, 2.45) is 5.73 Å². The highest BCUT2D eigenvalue weighted by molar-refractivity contribution is 5.30. The Labute approximate surface area is 74.1 Å². The summed E-state index contributed by atoms with van der Waals surface area (Å²) in [5, 5.41) is 13.0. The minimum atomic E-state index is -0.549. The smallest absolute Gasteiger partial charge is 0.305 e. The fourth-order valence-electron chi connectivity index (χ4n) is 0.691. The van der Waals surface area contributed by atoms with Gasteiger partial charge in [0.15, 0.2) is 0 Å². The van der Waals surface area contributed by atoms with E-state index in [2.05, 4.69) is 15.3 Å². The maximum absolute atomic E-state index is 10.2. The molecule has 7 nitrogen and oxygen atoms in total. The first kappa shape index (κ1) is 9.33. The number of nitrogens with zero attached hydrogens (tertiary/aromatic N) is 3. The molecule has 1 rings (SSSR count). The van der Waals surface area contributed by atoms with Gasteiger partial charge in [-0.2, -0.15) is 0 Å². The Morgan fingerprint density at radius 3 is 2.62 bits per heavy atom. The molecule has 0 fully saturated rings. The molecule has 0 aliphatic rings. The van der Waals surface area contributed by atoms with E-state index in [-0.39, 0.29) is 5.69 Å². The van der Waals surface area contributed by atoms with Gasteiger partial charge in [0.05, 0.1) is 4.92 Å². The van der Waals surface area contributed by atoms with Gasteiger partial charge in [0.2, 0.25) is 5.95 Å². The van der Waals surface area contributed by atoms with Gasteiger partial charge in [-0.3, -0.25) is 10.1 Å². The van der Waals surface area contributed by atoms with Crippen LogP contribution in [0.25, 0.3) is 0 Å². The Balaban J connectivity index is 2.64. The third-order valence-corrected chi connectivity index (χ3v) is 1.28. The molecule has 1 heterocycles. The number of hydrogen-bond acceptors (Lipinski definition) is 6. The molecule has 0 saturated carbocycles. The molecule has 1 aromatic heterocycles. The molecule has 0 saturated heterocycles. The average molecular weight is 183 g/mol. The molecule has 70 valence electrons. The highest BCUT2D eigenvalue weighted by Gasteiger charge is 2.05. The van der Waals surface area contributed by atoms with Crippen LogP contribution in [0.3, 0.4) is 0 Å². The number of nitro groups is 1. The largest absolute Gasteiger partial charge is 0.353 e. The molecule has 0 atom stereocenters. The number of anilines is 1. The summed E-state index contributed by atoms with van der Waals surface area (Å²) in [6, 6.07) is 0. The maximum atomic E-state index is 10.2. The first-order valence-electron chi connectivity index (χ1n) is 3.64. The molecule has 0 aliphatic carbocycles. The molecular weight excluding hydrogens is 174 g/mol. The summed E-state index contributed by atoms with van der Waals surface area (Å²) < 4.78 is 0. The summed E-state index contributed by atoms with van der Waals surface area (Å²) in [6.45, 7) is 0.998. The summed E-state index contributed by atoms with van der Waals surface area (Å²) >= 11 is 0. The van der Waals surface area contributed by atoms with E-state index in [0.717, 1.165) is 12.4 Å². The molecular formula is C6H9N5O2. The summed E-state index contributed by atoms with van der Waals surface area (Å²) in [7, 11) is 0. The van der Waals surface area contributed by atoms with Crippen LogP contribution in [-0.4, -0.2) is 28.0 Å². The Morgan fingerprint density at radius 2 is 2.15 bits per heavy atom. The lowest BCUT2D eigenvalue weighted by molar-refractivity contribution is -0.385. The molecule has 0 aliphatic heterocycles. The Kier molecular flexibility index (Phi) is 3.09. The van der Waals surface area contributed by atoms with Crippen LogP contribution in [0, 0.1) is 10.1 Å². The zero-order valence-electron chi connectivity index (χ0n) is 6.80. The van der Waals surface area contributed by atoms with Crippen molar-refractivity contribution in [1.29, 1.82) is 0 Å². The second-order valence-corrected chi connectivity index (χ2v) is 2.24. The Hall–Kier alpha value is -1.76. The van der Waals surface area contributed by atoms with Crippen LogP contribution >= 0.6 is 0 Å². The average Bonchev–Trinajstić information content (AvgIpc) is 2.15. The predicted octanol–water partition coefficient (Wildman–Crippen LogP) is -0.245. The summed E-state index contributed by atoms with van der Waals surface area (Å²) in [4.78, 5) is 17.1. The lowest BCUT2D eigenvalue weighted by Gasteiger charge is -2.00. The van der Waals surface area contributed by atoms with Gasteiger partial charge in [-0.05, 0) is 0 Å². The van der Waals surface area contributed by atoms with Crippen LogP contribution in [-0.2, 0) is 0 Å². The fraction of sp³-hybridized carbons (Fsp3) is 0.333. The van der Waals surface area contributed by atoms with Gasteiger partial charge in [-0.1, -0.05) is 0 Å². The minimum Gasteiger partial charge on any atom is -0.353 e. The quantitative estimate of drug-likeness (QED) is 0.492. The molecule has 0 amide bonds. The molecule has 13 heavy (non-hydrogen) atoms. The predicted molar refractivity (Wildman–Crippen MR) is 46.2 cm³/mol. The molecule has 0 radical (unpaired) electrons. The van der Waals surface area contributed by atoms with Gasteiger partial charge in [-0.15, -0.1) is 0 Å². The van der Waals surface area contributed by atoms with Crippen molar-refractivity contribution in [3.05, 3.63) is 22.5 Å². The van der Waals surface area contributed by atoms with Gasteiger partial charge in [0, 0.05) is 13.1 Å². The van der Waals surface area contributed by atoms with Crippen molar-refractivity contribution in [3.8, 4) is 0 Å². The van der Waals surface area contributed by atoms with Crippen LogP contribution in [0.4, 0.5) is 11.6 Å². The number of nitrogens with one attached hydrogen (secondary N) is 1. The van der Waals surface area contributed by atoms with E-state index in [1.54, 1.807) is 0 Å². The van der Waals surface area contributed by atoms with E-state index in [1.165, 1.54) is 0 Å². The second kappa shape index (κ2) is 4.31. The standard InChI is InChI=1S/C6H9N5O2/c7-1-2-8-6-9-3-5(4-10-6)11(12)13/h3-4H,1-2,7H2,(H,8,9,10). The number of hydrogen-bond donors (Lipinski definition) is 2. The van der Waals surface area contributed by atoms with Gasteiger partial charge in [-0.25, -0.2) is 9.97 Å². The van der Waals surface area contributed by atoms with E-state index in [9.17, 15) is 10.1 Å².